The SMILES string of the molecule is FC(F)Oc1cc(C(F)(F)F)ccc1-c1nnc(N[C@@H]2CCCCCNC2)n2cccc12.O=CO. The molecule has 35 heavy (non-hydrogen) atoms. The zero-order chi connectivity index (χ0) is 25.4. The second kappa shape index (κ2) is 11.8. The van der Waals surface area contributed by atoms with Crippen molar-refractivity contribution in [3.8, 4) is 17.0 Å². The molecule has 2 aromatic heterocycles. The van der Waals surface area contributed by atoms with Crippen LogP contribution in [0.5, 0.6) is 5.75 Å². The number of carbonyl (C=O) groups is 1. The minimum Gasteiger partial charge on any atom is -0.483 e. The van der Waals surface area contributed by atoms with Crippen LogP contribution in [-0.4, -0.2) is 51.9 Å². The van der Waals surface area contributed by atoms with Gasteiger partial charge in [0.2, 0.25) is 5.95 Å². The molecule has 1 fully saturated rings. The molecule has 0 aliphatic carbocycles. The lowest BCUT2D eigenvalue weighted by atomic mass is 10.1. The highest BCUT2D eigenvalue weighted by Crippen LogP contribution is 2.38. The minimum absolute atomic E-state index is 0.00586. The number of carboxylic acid groups (broad SMARTS) is 1. The molecule has 13 heteroatoms. The lowest BCUT2D eigenvalue weighted by Crippen LogP contribution is -2.35. The Hall–Kier alpha value is -3.48. The summed E-state index contributed by atoms with van der Waals surface area (Å²) in [5, 5.41) is 22.0. The predicted octanol–water partition coefficient (Wildman–Crippen LogP) is 4.66. The average molecular weight is 501 g/mol. The first kappa shape index (κ1) is 26.1. The molecule has 1 aromatic carbocycles. The second-order valence-corrected chi connectivity index (χ2v) is 7.72. The standard InChI is InChI=1S/C21H22F5N5O.CH2O2/c22-19(23)32-17-11-13(21(24,25)26)7-8-15(17)18-16-6-4-10-31(16)20(30-29-18)28-14-5-2-1-3-9-27-12-14;2-1-3/h4,6-8,10-11,14,19,27H,1-3,5,9,12H2,(H,28,30);1H,(H,2,3)/t14-;/m1./s1. The maximum atomic E-state index is 13.1. The Kier molecular flexibility index (Phi) is 8.79. The van der Waals surface area contributed by atoms with Crippen molar-refractivity contribution >= 4 is 17.9 Å². The van der Waals surface area contributed by atoms with Crippen LogP contribution in [0, 0.1) is 0 Å². The minimum atomic E-state index is -4.70. The zero-order valence-corrected chi connectivity index (χ0v) is 18.4. The second-order valence-electron chi connectivity index (χ2n) is 7.72. The molecule has 0 unspecified atom stereocenters. The summed E-state index contributed by atoms with van der Waals surface area (Å²) < 4.78 is 71.2. The molecule has 0 radical (unpaired) electrons. The molecule has 4 rings (SSSR count). The number of fused-ring (bicyclic) bond motifs is 1. The van der Waals surface area contributed by atoms with E-state index in [2.05, 4.69) is 25.6 Å². The number of ether oxygens (including phenoxy) is 1. The molecule has 1 atom stereocenters. The molecule has 0 amide bonds. The Morgan fingerprint density at radius 2 is 1.97 bits per heavy atom. The van der Waals surface area contributed by atoms with Gasteiger partial charge in [0, 0.05) is 24.3 Å². The lowest BCUT2D eigenvalue weighted by molar-refractivity contribution is -0.138. The molecule has 1 aliphatic rings. The smallest absolute Gasteiger partial charge is 0.416 e. The highest BCUT2D eigenvalue weighted by molar-refractivity contribution is 5.81. The third-order valence-corrected chi connectivity index (χ3v) is 5.37. The van der Waals surface area contributed by atoms with Crippen molar-refractivity contribution in [2.24, 2.45) is 0 Å². The van der Waals surface area contributed by atoms with E-state index < -0.39 is 24.1 Å². The Bertz CT molecular complexity index is 1110. The topological polar surface area (TPSA) is 101 Å². The van der Waals surface area contributed by atoms with Crippen molar-refractivity contribution in [2.45, 2.75) is 44.5 Å². The first-order chi connectivity index (χ1) is 16.7. The van der Waals surface area contributed by atoms with Gasteiger partial charge >= 0.3 is 12.8 Å². The number of anilines is 1. The van der Waals surface area contributed by atoms with E-state index in [9.17, 15) is 22.0 Å². The third kappa shape index (κ3) is 6.78. The Morgan fingerprint density at radius 1 is 1.20 bits per heavy atom. The van der Waals surface area contributed by atoms with Gasteiger partial charge in [0.1, 0.15) is 11.4 Å². The fraction of sp³-hybridized carbons (Fsp3) is 0.409. The van der Waals surface area contributed by atoms with E-state index in [1.165, 1.54) is 0 Å². The van der Waals surface area contributed by atoms with Crippen LogP contribution in [0.3, 0.4) is 0 Å². The van der Waals surface area contributed by atoms with Crippen molar-refractivity contribution in [3.05, 3.63) is 42.1 Å². The largest absolute Gasteiger partial charge is 0.483 e. The van der Waals surface area contributed by atoms with Gasteiger partial charge in [-0.05, 0) is 49.7 Å². The number of benzene rings is 1. The van der Waals surface area contributed by atoms with Crippen molar-refractivity contribution in [2.75, 3.05) is 18.4 Å². The van der Waals surface area contributed by atoms with E-state index in [1.54, 1.807) is 22.7 Å². The van der Waals surface area contributed by atoms with Crippen molar-refractivity contribution in [1.29, 1.82) is 0 Å². The Balaban J connectivity index is 0.00000108. The number of hydrogen-bond acceptors (Lipinski definition) is 6. The van der Waals surface area contributed by atoms with E-state index in [1.807, 2.05) is 0 Å². The van der Waals surface area contributed by atoms with E-state index in [-0.39, 0.29) is 23.8 Å². The molecular weight excluding hydrogens is 477 g/mol. The van der Waals surface area contributed by atoms with Crippen LogP contribution in [0.15, 0.2) is 36.5 Å². The fourth-order valence-corrected chi connectivity index (χ4v) is 3.84. The molecule has 1 aliphatic heterocycles. The predicted molar refractivity (Wildman–Crippen MR) is 117 cm³/mol. The van der Waals surface area contributed by atoms with Gasteiger partial charge in [0.25, 0.3) is 6.47 Å². The molecular formula is C22H24F5N5O3. The Morgan fingerprint density at radius 3 is 2.69 bits per heavy atom. The maximum Gasteiger partial charge on any atom is 0.416 e. The van der Waals surface area contributed by atoms with Crippen LogP contribution >= 0.6 is 0 Å². The molecule has 3 heterocycles. The highest BCUT2D eigenvalue weighted by Gasteiger charge is 2.32. The maximum absolute atomic E-state index is 13.1. The summed E-state index contributed by atoms with van der Waals surface area (Å²) in [6.45, 7) is -1.83. The molecule has 0 spiro atoms. The van der Waals surface area contributed by atoms with Crippen molar-refractivity contribution < 1.29 is 36.6 Å². The van der Waals surface area contributed by atoms with Gasteiger partial charge in [-0.15, -0.1) is 10.2 Å². The highest BCUT2D eigenvalue weighted by atomic mass is 19.4. The van der Waals surface area contributed by atoms with Crippen LogP contribution < -0.4 is 15.4 Å². The van der Waals surface area contributed by atoms with Gasteiger partial charge in [0.15, 0.2) is 0 Å². The summed E-state index contributed by atoms with van der Waals surface area (Å²) in [6, 6.07) is 5.97. The van der Waals surface area contributed by atoms with Crippen LogP contribution in [-0.2, 0) is 11.0 Å². The lowest BCUT2D eigenvalue weighted by Gasteiger charge is -2.23. The summed E-state index contributed by atoms with van der Waals surface area (Å²) in [4.78, 5) is 8.36. The zero-order valence-electron chi connectivity index (χ0n) is 18.4. The van der Waals surface area contributed by atoms with E-state index in [4.69, 9.17) is 9.90 Å². The summed E-state index contributed by atoms with van der Waals surface area (Å²) in [5.74, 6) is -0.151. The monoisotopic (exact) mass is 501 g/mol. The van der Waals surface area contributed by atoms with Gasteiger partial charge in [-0.2, -0.15) is 22.0 Å². The van der Waals surface area contributed by atoms with Crippen LogP contribution in [0.25, 0.3) is 16.8 Å². The third-order valence-electron chi connectivity index (χ3n) is 5.37. The van der Waals surface area contributed by atoms with E-state index in [0.717, 1.165) is 50.9 Å². The van der Waals surface area contributed by atoms with Crippen LogP contribution in [0.2, 0.25) is 0 Å². The van der Waals surface area contributed by atoms with Crippen molar-refractivity contribution in [3.63, 3.8) is 0 Å². The first-order valence-electron chi connectivity index (χ1n) is 10.8. The Labute approximate surface area is 197 Å². The quantitative estimate of drug-likeness (QED) is 0.345. The summed E-state index contributed by atoms with van der Waals surface area (Å²) in [6.07, 6.45) is 1.33. The molecule has 1 saturated heterocycles. The van der Waals surface area contributed by atoms with Crippen LogP contribution in [0.4, 0.5) is 27.9 Å². The van der Waals surface area contributed by atoms with Gasteiger partial charge < -0.3 is 20.5 Å². The van der Waals surface area contributed by atoms with Crippen molar-refractivity contribution in [1.82, 2.24) is 19.9 Å². The number of nitrogens with zero attached hydrogens (tertiary/aromatic N) is 3. The normalized spacial score (nSPS) is 16.7. The summed E-state index contributed by atoms with van der Waals surface area (Å²) >= 11 is 0. The molecule has 0 saturated carbocycles. The molecule has 3 N–H and O–H groups in total. The number of alkyl halides is 5. The fourth-order valence-electron chi connectivity index (χ4n) is 3.84. The molecule has 190 valence electrons. The number of rotatable bonds is 5. The van der Waals surface area contributed by atoms with E-state index in [0.29, 0.717) is 17.5 Å². The number of nitrogens with one attached hydrogen (secondary N) is 2. The number of halogens is 5. The first-order valence-corrected chi connectivity index (χ1v) is 10.8. The van der Waals surface area contributed by atoms with Gasteiger partial charge in [-0.25, -0.2) is 0 Å². The van der Waals surface area contributed by atoms with Crippen LogP contribution in [0.1, 0.15) is 31.2 Å². The number of aromatic nitrogens is 3. The number of hydrogen-bond donors (Lipinski definition) is 3. The molecule has 8 nitrogen and oxygen atoms in total. The average Bonchev–Trinajstić information content (AvgIpc) is 3.26. The summed E-state index contributed by atoms with van der Waals surface area (Å²) in [5.41, 5.74) is -0.458. The summed E-state index contributed by atoms with van der Waals surface area (Å²) in [7, 11) is 0. The molecule has 3 aromatic rings. The molecule has 0 bridgehead atoms. The van der Waals surface area contributed by atoms with Gasteiger partial charge in [-0.3, -0.25) is 9.20 Å². The van der Waals surface area contributed by atoms with Gasteiger partial charge in [-0.1, -0.05) is 12.8 Å². The van der Waals surface area contributed by atoms with Gasteiger partial charge in [0.05, 0.1) is 11.1 Å². The van der Waals surface area contributed by atoms with E-state index >= 15 is 0 Å².